The molecule has 3 heteroatoms. The Morgan fingerprint density at radius 2 is 1.93 bits per heavy atom. The lowest BCUT2D eigenvalue weighted by Gasteiger charge is -2.03. The Balaban J connectivity index is 2.95. The summed E-state index contributed by atoms with van der Waals surface area (Å²) < 4.78 is 12.9. The third kappa shape index (κ3) is 2.72. The van der Waals surface area contributed by atoms with Gasteiger partial charge in [0.25, 0.3) is 0 Å². The maximum absolute atomic E-state index is 11.9. The highest BCUT2D eigenvalue weighted by Gasteiger charge is 2.07. The molecule has 0 unspecified atom stereocenters. The van der Waals surface area contributed by atoms with Crippen molar-refractivity contribution in [2.75, 3.05) is 6.26 Å². The summed E-state index contributed by atoms with van der Waals surface area (Å²) in [6.45, 7) is 3.94. The number of hydrogen-bond acceptors (Lipinski definition) is 2. The molecule has 1 atom stereocenters. The highest BCUT2D eigenvalue weighted by molar-refractivity contribution is 8.16. The second-order valence-corrected chi connectivity index (χ2v) is 5.45. The zero-order chi connectivity index (χ0) is 10.6. The first-order valence-corrected chi connectivity index (χ1v) is 6.75. The van der Waals surface area contributed by atoms with Crippen molar-refractivity contribution in [1.82, 2.24) is 0 Å². The normalized spacial score (nSPS) is 14.1. The van der Waals surface area contributed by atoms with E-state index in [1.54, 1.807) is 0 Å². The minimum atomic E-state index is -1.01. The standard InChI is InChI=1S/C11H14OS2/c1-4-11(13-3)14(12)10-7-5-9(2)6-8-10/h4-8H,1-3H3/b11-4+/t14-/m1/s1. The van der Waals surface area contributed by atoms with Gasteiger partial charge in [-0.05, 0) is 32.2 Å². The van der Waals surface area contributed by atoms with E-state index < -0.39 is 10.8 Å². The van der Waals surface area contributed by atoms with E-state index in [1.165, 1.54) is 17.3 Å². The lowest BCUT2D eigenvalue weighted by molar-refractivity contribution is 0.688. The van der Waals surface area contributed by atoms with Crippen LogP contribution in [0.15, 0.2) is 39.5 Å². The highest BCUT2D eigenvalue weighted by Crippen LogP contribution is 2.22. The average molecular weight is 226 g/mol. The molecule has 76 valence electrons. The first kappa shape index (κ1) is 11.5. The van der Waals surface area contributed by atoms with E-state index in [-0.39, 0.29) is 0 Å². The number of hydrogen-bond donors (Lipinski definition) is 0. The van der Waals surface area contributed by atoms with Crippen molar-refractivity contribution in [3.05, 3.63) is 40.1 Å². The number of rotatable bonds is 3. The topological polar surface area (TPSA) is 17.1 Å². The van der Waals surface area contributed by atoms with Gasteiger partial charge in [-0.25, -0.2) is 4.21 Å². The van der Waals surface area contributed by atoms with Crippen molar-refractivity contribution in [2.24, 2.45) is 0 Å². The predicted molar refractivity (Wildman–Crippen MR) is 64.9 cm³/mol. The fourth-order valence-electron chi connectivity index (χ4n) is 1.08. The lowest BCUT2D eigenvalue weighted by Crippen LogP contribution is -1.92. The van der Waals surface area contributed by atoms with Crippen LogP contribution in [0.2, 0.25) is 0 Å². The SMILES string of the molecule is C/C=C(\SC)[S@](=O)c1ccc(C)cc1. The molecule has 0 spiro atoms. The van der Waals surface area contributed by atoms with Crippen LogP contribution in [0.1, 0.15) is 12.5 Å². The molecule has 14 heavy (non-hydrogen) atoms. The Morgan fingerprint density at radius 1 is 1.36 bits per heavy atom. The molecule has 0 fully saturated rings. The summed E-state index contributed by atoms with van der Waals surface area (Å²) in [5, 5.41) is 0. The first-order valence-electron chi connectivity index (χ1n) is 4.37. The van der Waals surface area contributed by atoms with E-state index >= 15 is 0 Å². The predicted octanol–water partition coefficient (Wildman–Crippen LogP) is 3.33. The van der Waals surface area contributed by atoms with Crippen molar-refractivity contribution in [2.45, 2.75) is 18.7 Å². The molecule has 0 bridgehead atoms. The number of aryl methyl sites for hydroxylation is 1. The van der Waals surface area contributed by atoms with Crippen molar-refractivity contribution in [3.8, 4) is 0 Å². The van der Waals surface area contributed by atoms with E-state index in [4.69, 9.17) is 0 Å². The maximum atomic E-state index is 11.9. The van der Waals surface area contributed by atoms with E-state index in [0.29, 0.717) is 0 Å². The van der Waals surface area contributed by atoms with Gasteiger partial charge in [-0.3, -0.25) is 0 Å². The Labute approximate surface area is 92.1 Å². The molecule has 0 amide bonds. The summed E-state index contributed by atoms with van der Waals surface area (Å²) in [5.41, 5.74) is 1.19. The first-order chi connectivity index (χ1) is 6.69. The highest BCUT2D eigenvalue weighted by atomic mass is 32.2. The van der Waals surface area contributed by atoms with Gasteiger partial charge in [0.05, 0.1) is 15.0 Å². The van der Waals surface area contributed by atoms with Crippen LogP contribution < -0.4 is 0 Å². The number of benzene rings is 1. The lowest BCUT2D eigenvalue weighted by atomic mass is 10.2. The van der Waals surface area contributed by atoms with Crippen molar-refractivity contribution in [1.29, 1.82) is 0 Å². The zero-order valence-electron chi connectivity index (χ0n) is 8.61. The summed E-state index contributed by atoms with van der Waals surface area (Å²) in [6, 6.07) is 7.82. The zero-order valence-corrected chi connectivity index (χ0v) is 10.2. The molecular formula is C11H14OS2. The van der Waals surface area contributed by atoms with Gasteiger partial charge in [0.15, 0.2) is 0 Å². The van der Waals surface area contributed by atoms with Crippen LogP contribution in [0.5, 0.6) is 0 Å². The Kier molecular flexibility index (Phi) is 4.42. The summed E-state index contributed by atoms with van der Waals surface area (Å²) in [4.78, 5) is 0.873. The molecule has 1 nitrogen and oxygen atoms in total. The fourth-order valence-corrected chi connectivity index (χ4v) is 3.04. The van der Waals surface area contributed by atoms with E-state index in [1.807, 2.05) is 50.4 Å². The van der Waals surface area contributed by atoms with Crippen LogP contribution in [-0.4, -0.2) is 10.5 Å². The van der Waals surface area contributed by atoms with Gasteiger partial charge in [0.2, 0.25) is 0 Å². The Hall–Kier alpha value is -0.540. The minimum Gasteiger partial charge on any atom is -0.249 e. The smallest absolute Gasteiger partial charge is 0.0910 e. The Bertz CT molecular complexity index is 352. The molecule has 0 aromatic heterocycles. The quantitative estimate of drug-likeness (QED) is 0.786. The molecule has 0 saturated carbocycles. The van der Waals surface area contributed by atoms with Crippen LogP contribution in [-0.2, 0) is 10.8 Å². The molecule has 1 aromatic rings. The molecule has 0 saturated heterocycles. The van der Waals surface area contributed by atoms with Crippen molar-refractivity contribution in [3.63, 3.8) is 0 Å². The summed E-state index contributed by atoms with van der Waals surface area (Å²) in [7, 11) is -1.01. The molecule has 0 radical (unpaired) electrons. The molecule has 0 aliphatic heterocycles. The van der Waals surface area contributed by atoms with Gasteiger partial charge < -0.3 is 0 Å². The van der Waals surface area contributed by atoms with E-state index in [0.717, 1.165) is 9.13 Å². The second kappa shape index (κ2) is 5.37. The third-order valence-electron chi connectivity index (χ3n) is 1.85. The maximum Gasteiger partial charge on any atom is 0.0910 e. The largest absolute Gasteiger partial charge is 0.249 e. The van der Waals surface area contributed by atoms with Crippen LogP contribution >= 0.6 is 11.8 Å². The third-order valence-corrected chi connectivity index (χ3v) is 4.75. The molecular weight excluding hydrogens is 212 g/mol. The number of allylic oxidation sites excluding steroid dienone is 1. The molecule has 0 N–H and O–H groups in total. The van der Waals surface area contributed by atoms with Gasteiger partial charge in [-0.15, -0.1) is 11.8 Å². The molecule has 1 aromatic carbocycles. The second-order valence-electron chi connectivity index (χ2n) is 2.89. The van der Waals surface area contributed by atoms with Gasteiger partial charge in [-0.2, -0.15) is 0 Å². The van der Waals surface area contributed by atoms with Crippen LogP contribution in [0.4, 0.5) is 0 Å². The fraction of sp³-hybridized carbons (Fsp3) is 0.273. The molecule has 0 aliphatic carbocycles. The van der Waals surface area contributed by atoms with E-state index in [9.17, 15) is 4.21 Å². The van der Waals surface area contributed by atoms with Crippen LogP contribution in [0.25, 0.3) is 0 Å². The van der Waals surface area contributed by atoms with Crippen LogP contribution in [0.3, 0.4) is 0 Å². The molecule has 1 rings (SSSR count). The Morgan fingerprint density at radius 3 is 2.36 bits per heavy atom. The summed E-state index contributed by atoms with van der Waals surface area (Å²) in [5.74, 6) is 0. The summed E-state index contributed by atoms with van der Waals surface area (Å²) >= 11 is 1.54. The van der Waals surface area contributed by atoms with Crippen molar-refractivity contribution >= 4 is 22.6 Å². The van der Waals surface area contributed by atoms with Gasteiger partial charge in [-0.1, -0.05) is 23.8 Å². The number of thioether (sulfide) groups is 1. The van der Waals surface area contributed by atoms with Gasteiger partial charge in [0.1, 0.15) is 0 Å². The van der Waals surface area contributed by atoms with Crippen LogP contribution in [0, 0.1) is 6.92 Å². The average Bonchev–Trinajstić information content (AvgIpc) is 2.20. The molecule has 0 aliphatic rings. The monoisotopic (exact) mass is 226 g/mol. The minimum absolute atomic E-state index is 0.873. The van der Waals surface area contributed by atoms with Gasteiger partial charge >= 0.3 is 0 Å². The molecule has 0 heterocycles. The van der Waals surface area contributed by atoms with E-state index in [2.05, 4.69) is 0 Å². The van der Waals surface area contributed by atoms with Gasteiger partial charge in [0, 0.05) is 4.90 Å². The van der Waals surface area contributed by atoms with Crippen molar-refractivity contribution < 1.29 is 4.21 Å². The summed E-state index contributed by atoms with van der Waals surface area (Å²) in [6.07, 6.45) is 3.85.